The van der Waals surface area contributed by atoms with Crippen LogP contribution in [0.3, 0.4) is 0 Å². The van der Waals surface area contributed by atoms with Gasteiger partial charge in [-0.1, -0.05) is 17.7 Å². The predicted octanol–water partition coefficient (Wildman–Crippen LogP) is 5.05. The lowest BCUT2D eigenvalue weighted by molar-refractivity contribution is 0.101. The van der Waals surface area contributed by atoms with Crippen molar-refractivity contribution in [3.05, 3.63) is 75.6 Å². The maximum atomic E-state index is 14.3. The summed E-state index contributed by atoms with van der Waals surface area (Å²) in [6, 6.07) is 5.16. The highest BCUT2D eigenvalue weighted by Crippen LogP contribution is 2.35. The SMILES string of the molecule is Cc1c(F)c(F)c(Cl)c(-c2ccc(NC(=O)c3c(F)cccc3F)nn2)c1F. The van der Waals surface area contributed by atoms with Crippen LogP contribution in [-0.2, 0) is 0 Å². The van der Waals surface area contributed by atoms with E-state index < -0.39 is 56.7 Å². The van der Waals surface area contributed by atoms with E-state index in [0.29, 0.717) is 0 Å². The van der Waals surface area contributed by atoms with E-state index in [-0.39, 0.29) is 11.5 Å². The van der Waals surface area contributed by atoms with Gasteiger partial charge in [-0.2, -0.15) is 0 Å². The van der Waals surface area contributed by atoms with Gasteiger partial charge in [-0.25, -0.2) is 22.0 Å². The fourth-order valence-corrected chi connectivity index (χ4v) is 2.66. The summed E-state index contributed by atoms with van der Waals surface area (Å²) in [5.74, 6) is -7.47. The van der Waals surface area contributed by atoms with Crippen LogP contribution < -0.4 is 5.32 Å². The minimum absolute atomic E-state index is 0.216. The maximum absolute atomic E-state index is 14.3. The first kappa shape index (κ1) is 19.7. The average Bonchev–Trinajstić information content (AvgIpc) is 2.66. The average molecular weight is 414 g/mol. The molecule has 144 valence electrons. The van der Waals surface area contributed by atoms with Gasteiger partial charge in [0.1, 0.15) is 23.0 Å². The summed E-state index contributed by atoms with van der Waals surface area (Å²) >= 11 is 5.67. The van der Waals surface area contributed by atoms with E-state index in [1.165, 1.54) is 0 Å². The number of carbonyl (C=O) groups is 1. The van der Waals surface area contributed by atoms with E-state index in [4.69, 9.17) is 11.6 Å². The number of anilines is 1. The monoisotopic (exact) mass is 413 g/mol. The molecule has 10 heteroatoms. The standard InChI is InChI=1S/C18H9ClF5N3O/c1-7-15(22)13(14(19)17(24)16(7)23)10-5-6-11(27-26-10)25-18(28)12-8(20)3-2-4-9(12)21/h2-6H,1H3,(H,25,27,28). The first-order chi connectivity index (χ1) is 13.2. The highest BCUT2D eigenvalue weighted by atomic mass is 35.5. The summed E-state index contributed by atoms with van der Waals surface area (Å²) in [5.41, 5.74) is -2.16. The number of hydrogen-bond acceptors (Lipinski definition) is 3. The first-order valence-electron chi connectivity index (χ1n) is 7.64. The highest BCUT2D eigenvalue weighted by molar-refractivity contribution is 6.33. The normalized spacial score (nSPS) is 10.8. The number of nitrogens with zero attached hydrogens (tertiary/aromatic N) is 2. The van der Waals surface area contributed by atoms with E-state index in [9.17, 15) is 26.7 Å². The summed E-state index contributed by atoms with van der Waals surface area (Å²) in [4.78, 5) is 12.0. The lowest BCUT2D eigenvalue weighted by Gasteiger charge is -2.11. The molecule has 1 heterocycles. The third-order valence-electron chi connectivity index (χ3n) is 3.83. The lowest BCUT2D eigenvalue weighted by Crippen LogP contribution is -2.17. The maximum Gasteiger partial charge on any atom is 0.262 e. The Balaban J connectivity index is 1.92. The molecule has 0 atom stereocenters. The van der Waals surface area contributed by atoms with Gasteiger partial charge in [0.2, 0.25) is 0 Å². The molecule has 0 unspecified atom stereocenters. The molecule has 2 aromatic carbocycles. The Morgan fingerprint density at radius 2 is 1.57 bits per heavy atom. The zero-order valence-electron chi connectivity index (χ0n) is 14.0. The van der Waals surface area contributed by atoms with Crippen LogP contribution in [0.5, 0.6) is 0 Å². The van der Waals surface area contributed by atoms with Crippen molar-refractivity contribution in [2.24, 2.45) is 0 Å². The molecular weight excluding hydrogens is 405 g/mol. The molecule has 0 aliphatic heterocycles. The van der Waals surface area contributed by atoms with Crippen LogP contribution in [0.2, 0.25) is 5.02 Å². The Morgan fingerprint density at radius 1 is 0.929 bits per heavy atom. The number of aromatic nitrogens is 2. The van der Waals surface area contributed by atoms with E-state index >= 15 is 0 Å². The van der Waals surface area contributed by atoms with Crippen LogP contribution in [0, 0.1) is 36.0 Å². The van der Waals surface area contributed by atoms with Gasteiger partial charge >= 0.3 is 0 Å². The zero-order chi connectivity index (χ0) is 20.6. The molecule has 0 aliphatic carbocycles. The lowest BCUT2D eigenvalue weighted by atomic mass is 10.1. The molecule has 3 aromatic rings. The Morgan fingerprint density at radius 3 is 2.14 bits per heavy atom. The van der Waals surface area contributed by atoms with Gasteiger partial charge in [0.25, 0.3) is 5.91 Å². The second kappa shape index (κ2) is 7.51. The molecule has 0 saturated heterocycles. The van der Waals surface area contributed by atoms with Crippen molar-refractivity contribution in [2.75, 3.05) is 5.32 Å². The topological polar surface area (TPSA) is 54.9 Å². The van der Waals surface area contributed by atoms with Crippen LogP contribution in [0.25, 0.3) is 11.3 Å². The Bertz CT molecular complexity index is 1040. The smallest absolute Gasteiger partial charge is 0.262 e. The molecule has 0 radical (unpaired) electrons. The van der Waals surface area contributed by atoms with Crippen LogP contribution in [-0.4, -0.2) is 16.1 Å². The number of nitrogens with one attached hydrogen (secondary N) is 1. The van der Waals surface area contributed by atoms with Crippen molar-refractivity contribution in [1.82, 2.24) is 10.2 Å². The number of amides is 1. The van der Waals surface area contributed by atoms with E-state index in [0.717, 1.165) is 37.3 Å². The summed E-state index contributed by atoms with van der Waals surface area (Å²) in [6.07, 6.45) is 0. The Hall–Kier alpha value is -3.07. The summed E-state index contributed by atoms with van der Waals surface area (Å²) in [7, 11) is 0. The fourth-order valence-electron chi connectivity index (χ4n) is 2.40. The van der Waals surface area contributed by atoms with Crippen LogP contribution in [0.1, 0.15) is 15.9 Å². The van der Waals surface area contributed by atoms with Crippen molar-refractivity contribution in [1.29, 1.82) is 0 Å². The van der Waals surface area contributed by atoms with Crippen molar-refractivity contribution in [3.8, 4) is 11.3 Å². The van der Waals surface area contributed by atoms with Gasteiger partial charge in [-0.15, -0.1) is 10.2 Å². The van der Waals surface area contributed by atoms with Crippen molar-refractivity contribution in [3.63, 3.8) is 0 Å². The Kier molecular flexibility index (Phi) is 5.28. The largest absolute Gasteiger partial charge is 0.305 e. The van der Waals surface area contributed by atoms with Crippen molar-refractivity contribution < 1.29 is 26.7 Å². The number of benzene rings is 2. The molecule has 1 N–H and O–H groups in total. The third-order valence-corrected chi connectivity index (χ3v) is 4.19. The van der Waals surface area contributed by atoms with Gasteiger partial charge in [-0.05, 0) is 31.2 Å². The molecule has 0 fully saturated rings. The van der Waals surface area contributed by atoms with E-state index in [1.807, 2.05) is 0 Å². The van der Waals surface area contributed by atoms with Gasteiger partial charge in [0.05, 0.1) is 16.3 Å². The number of carbonyl (C=O) groups excluding carboxylic acids is 1. The second-order valence-electron chi connectivity index (χ2n) is 5.61. The van der Waals surface area contributed by atoms with Crippen molar-refractivity contribution >= 4 is 23.3 Å². The van der Waals surface area contributed by atoms with Gasteiger partial charge in [-0.3, -0.25) is 4.79 Å². The molecule has 1 aromatic heterocycles. The van der Waals surface area contributed by atoms with Crippen LogP contribution >= 0.6 is 11.6 Å². The highest BCUT2D eigenvalue weighted by Gasteiger charge is 2.24. The summed E-state index contributed by atoms with van der Waals surface area (Å²) < 4.78 is 68.9. The molecule has 0 saturated carbocycles. The number of halogens is 6. The summed E-state index contributed by atoms with van der Waals surface area (Å²) in [5, 5.41) is 8.49. The van der Waals surface area contributed by atoms with E-state index in [2.05, 4.69) is 15.5 Å². The minimum Gasteiger partial charge on any atom is -0.305 e. The van der Waals surface area contributed by atoms with Crippen molar-refractivity contribution in [2.45, 2.75) is 6.92 Å². The summed E-state index contributed by atoms with van der Waals surface area (Å²) in [6.45, 7) is 1.03. The third kappa shape index (κ3) is 3.40. The van der Waals surface area contributed by atoms with Crippen LogP contribution in [0.15, 0.2) is 30.3 Å². The minimum atomic E-state index is -1.44. The molecule has 3 rings (SSSR count). The predicted molar refractivity (Wildman–Crippen MR) is 91.4 cm³/mol. The zero-order valence-corrected chi connectivity index (χ0v) is 14.7. The first-order valence-corrected chi connectivity index (χ1v) is 8.02. The van der Waals surface area contributed by atoms with Crippen LogP contribution in [0.4, 0.5) is 27.8 Å². The molecular formula is C18H9ClF5N3O. The van der Waals surface area contributed by atoms with Gasteiger partial charge in [0, 0.05) is 5.56 Å². The Labute approximate surface area is 160 Å². The van der Waals surface area contributed by atoms with Gasteiger partial charge in [0.15, 0.2) is 17.5 Å². The number of rotatable bonds is 3. The number of hydrogen-bond donors (Lipinski definition) is 1. The second-order valence-corrected chi connectivity index (χ2v) is 5.99. The molecule has 4 nitrogen and oxygen atoms in total. The molecule has 28 heavy (non-hydrogen) atoms. The molecule has 0 spiro atoms. The fraction of sp³-hybridized carbons (Fsp3) is 0.0556. The van der Waals surface area contributed by atoms with Gasteiger partial charge < -0.3 is 5.32 Å². The molecule has 1 amide bonds. The molecule has 0 aliphatic rings. The van der Waals surface area contributed by atoms with E-state index in [1.54, 1.807) is 0 Å². The quantitative estimate of drug-likeness (QED) is 0.371. The molecule has 0 bridgehead atoms.